The summed E-state index contributed by atoms with van der Waals surface area (Å²) in [5, 5.41) is 13.1. The first-order valence-corrected chi connectivity index (χ1v) is 11.0. The monoisotopic (exact) mass is 461 g/mol. The van der Waals surface area contributed by atoms with Crippen LogP contribution in [0.4, 0.5) is 11.5 Å². The number of nitrogens with zero attached hydrogens (tertiary/aromatic N) is 4. The number of carboxylic acid groups (broad SMARTS) is 1. The molecule has 176 valence electrons. The number of carboxylic acids is 1. The van der Waals surface area contributed by atoms with Crippen molar-refractivity contribution in [1.29, 1.82) is 0 Å². The molecule has 1 saturated heterocycles. The van der Waals surface area contributed by atoms with E-state index < -0.39 is 5.97 Å². The summed E-state index contributed by atoms with van der Waals surface area (Å²) in [5.41, 5.74) is 1.68. The zero-order chi connectivity index (χ0) is 24.2. The fourth-order valence-corrected chi connectivity index (χ4v) is 3.89. The minimum atomic E-state index is -1.06. The number of aromatic carboxylic acids is 1. The number of nitrogens with one attached hydrogen (secondary N) is 1. The van der Waals surface area contributed by atoms with Crippen LogP contribution in [0.2, 0.25) is 0 Å². The van der Waals surface area contributed by atoms with Crippen LogP contribution in [0.1, 0.15) is 20.7 Å². The SMILES string of the molecule is CN(C)C(=O)CN1CCN(c2cc(C(=O)O)c3cc(NC(=O)c4ccccc4)ccc3n2)CC1. The smallest absolute Gasteiger partial charge is 0.336 e. The fourth-order valence-electron chi connectivity index (χ4n) is 3.89. The molecule has 0 unspecified atom stereocenters. The lowest BCUT2D eigenvalue weighted by atomic mass is 10.1. The van der Waals surface area contributed by atoms with Gasteiger partial charge in [-0.1, -0.05) is 18.2 Å². The van der Waals surface area contributed by atoms with E-state index in [1.54, 1.807) is 67.5 Å². The molecule has 0 aliphatic carbocycles. The zero-order valence-electron chi connectivity index (χ0n) is 19.2. The Morgan fingerprint density at radius 3 is 2.35 bits per heavy atom. The Kier molecular flexibility index (Phi) is 6.74. The summed E-state index contributed by atoms with van der Waals surface area (Å²) in [6.07, 6.45) is 0. The number of fused-ring (bicyclic) bond motifs is 1. The van der Waals surface area contributed by atoms with Gasteiger partial charge in [-0.2, -0.15) is 0 Å². The molecule has 3 aromatic rings. The van der Waals surface area contributed by atoms with Crippen LogP contribution in [-0.4, -0.2) is 84.5 Å². The van der Waals surface area contributed by atoms with E-state index >= 15 is 0 Å². The van der Waals surface area contributed by atoms with Gasteiger partial charge in [0.2, 0.25) is 5.91 Å². The number of aromatic nitrogens is 1. The van der Waals surface area contributed by atoms with E-state index in [1.165, 1.54) is 0 Å². The lowest BCUT2D eigenvalue weighted by Gasteiger charge is -2.35. The maximum Gasteiger partial charge on any atom is 0.336 e. The number of carbonyl (C=O) groups excluding carboxylic acids is 2. The minimum Gasteiger partial charge on any atom is -0.478 e. The van der Waals surface area contributed by atoms with Gasteiger partial charge in [0, 0.05) is 56.9 Å². The number of hydrogen-bond acceptors (Lipinski definition) is 6. The first-order chi connectivity index (χ1) is 16.3. The second-order valence-electron chi connectivity index (χ2n) is 8.44. The van der Waals surface area contributed by atoms with Gasteiger partial charge >= 0.3 is 5.97 Å². The molecule has 1 fully saturated rings. The molecule has 0 atom stereocenters. The Morgan fingerprint density at radius 2 is 1.71 bits per heavy atom. The maximum atomic E-state index is 12.5. The molecule has 9 heteroatoms. The Morgan fingerprint density at radius 1 is 1.00 bits per heavy atom. The Hall–Kier alpha value is -3.98. The summed E-state index contributed by atoms with van der Waals surface area (Å²) in [5.74, 6) is -0.687. The molecule has 2 aromatic carbocycles. The van der Waals surface area contributed by atoms with Crippen molar-refractivity contribution in [3.63, 3.8) is 0 Å². The third-order valence-electron chi connectivity index (χ3n) is 5.87. The third kappa shape index (κ3) is 5.15. The van der Waals surface area contributed by atoms with E-state index in [0.717, 1.165) is 0 Å². The van der Waals surface area contributed by atoms with Crippen molar-refractivity contribution in [3.8, 4) is 0 Å². The van der Waals surface area contributed by atoms with Crippen LogP contribution in [0.25, 0.3) is 10.9 Å². The summed E-state index contributed by atoms with van der Waals surface area (Å²) in [7, 11) is 3.48. The molecular formula is C25H27N5O4. The zero-order valence-corrected chi connectivity index (χ0v) is 19.2. The largest absolute Gasteiger partial charge is 0.478 e. The highest BCUT2D eigenvalue weighted by Crippen LogP contribution is 2.27. The lowest BCUT2D eigenvalue weighted by Crippen LogP contribution is -2.49. The van der Waals surface area contributed by atoms with Gasteiger partial charge in [0.1, 0.15) is 5.82 Å². The van der Waals surface area contributed by atoms with Gasteiger partial charge in [-0.05, 0) is 36.4 Å². The van der Waals surface area contributed by atoms with Gasteiger partial charge in [-0.25, -0.2) is 9.78 Å². The molecule has 4 rings (SSSR count). The van der Waals surface area contributed by atoms with E-state index in [-0.39, 0.29) is 17.4 Å². The van der Waals surface area contributed by atoms with Crippen molar-refractivity contribution < 1.29 is 19.5 Å². The van der Waals surface area contributed by atoms with Crippen molar-refractivity contribution >= 4 is 40.2 Å². The van der Waals surface area contributed by atoms with Crippen molar-refractivity contribution in [2.45, 2.75) is 0 Å². The number of anilines is 2. The van der Waals surface area contributed by atoms with Crippen LogP contribution in [0.5, 0.6) is 0 Å². The summed E-state index contributed by atoms with van der Waals surface area (Å²) in [4.78, 5) is 46.9. The average Bonchev–Trinajstić information content (AvgIpc) is 2.84. The highest BCUT2D eigenvalue weighted by Gasteiger charge is 2.22. The number of amides is 2. The summed E-state index contributed by atoms with van der Waals surface area (Å²) >= 11 is 0. The average molecular weight is 462 g/mol. The van der Waals surface area contributed by atoms with Gasteiger partial charge in [-0.3, -0.25) is 14.5 Å². The number of benzene rings is 2. The second-order valence-corrected chi connectivity index (χ2v) is 8.44. The third-order valence-corrected chi connectivity index (χ3v) is 5.87. The normalized spacial score (nSPS) is 14.1. The van der Waals surface area contributed by atoms with E-state index in [2.05, 4.69) is 10.2 Å². The fraction of sp³-hybridized carbons (Fsp3) is 0.280. The van der Waals surface area contributed by atoms with Crippen LogP contribution in [0.3, 0.4) is 0 Å². The number of likely N-dealkylation sites (N-methyl/N-ethyl adjacent to an activating group) is 1. The quantitative estimate of drug-likeness (QED) is 0.581. The number of carbonyl (C=O) groups is 3. The molecule has 2 N–H and O–H groups in total. The summed E-state index contributed by atoms with van der Waals surface area (Å²) in [6.45, 7) is 3.02. The van der Waals surface area contributed by atoms with Crippen molar-refractivity contribution in [2.24, 2.45) is 0 Å². The maximum absolute atomic E-state index is 12.5. The van der Waals surface area contributed by atoms with Gasteiger partial charge in [0.25, 0.3) is 5.91 Å². The van der Waals surface area contributed by atoms with Gasteiger partial charge < -0.3 is 20.2 Å². The standard InChI is InChI=1S/C25H27N5O4/c1-28(2)23(31)16-29-10-12-30(13-11-29)22-15-20(25(33)34)19-14-18(8-9-21(19)27-22)26-24(32)17-6-4-3-5-7-17/h3-9,14-15H,10-13,16H2,1-2H3,(H,26,32)(H,33,34). The number of piperazine rings is 1. The number of hydrogen-bond donors (Lipinski definition) is 2. The highest BCUT2D eigenvalue weighted by molar-refractivity contribution is 6.08. The molecule has 1 aromatic heterocycles. The first kappa shape index (κ1) is 23.2. The molecular weight excluding hydrogens is 434 g/mol. The Balaban J connectivity index is 1.54. The van der Waals surface area contributed by atoms with Crippen LogP contribution in [-0.2, 0) is 4.79 Å². The van der Waals surface area contributed by atoms with Crippen LogP contribution in [0.15, 0.2) is 54.6 Å². The van der Waals surface area contributed by atoms with Crippen LogP contribution in [0, 0.1) is 0 Å². The first-order valence-electron chi connectivity index (χ1n) is 11.0. The van der Waals surface area contributed by atoms with Gasteiger partial charge in [0.15, 0.2) is 0 Å². The molecule has 1 aliphatic rings. The van der Waals surface area contributed by atoms with Crippen molar-refractivity contribution in [3.05, 3.63) is 65.7 Å². The van der Waals surface area contributed by atoms with Gasteiger partial charge in [-0.15, -0.1) is 0 Å². The van der Waals surface area contributed by atoms with E-state index in [0.29, 0.717) is 60.7 Å². The van der Waals surface area contributed by atoms with Crippen molar-refractivity contribution in [1.82, 2.24) is 14.8 Å². The Bertz CT molecular complexity index is 1220. The number of rotatable bonds is 6. The number of pyridine rings is 1. The molecule has 9 nitrogen and oxygen atoms in total. The summed E-state index contributed by atoms with van der Waals surface area (Å²) in [6, 6.07) is 15.5. The van der Waals surface area contributed by atoms with Crippen LogP contribution >= 0.6 is 0 Å². The molecule has 34 heavy (non-hydrogen) atoms. The lowest BCUT2D eigenvalue weighted by molar-refractivity contribution is -0.129. The molecule has 2 amide bonds. The topological polar surface area (TPSA) is 106 Å². The minimum absolute atomic E-state index is 0.0561. The molecule has 0 spiro atoms. The molecule has 0 radical (unpaired) electrons. The van der Waals surface area contributed by atoms with Gasteiger partial charge in [0.05, 0.1) is 17.6 Å². The second kappa shape index (κ2) is 9.88. The highest BCUT2D eigenvalue weighted by atomic mass is 16.4. The summed E-state index contributed by atoms with van der Waals surface area (Å²) < 4.78 is 0. The predicted molar refractivity (Wildman–Crippen MR) is 130 cm³/mol. The van der Waals surface area contributed by atoms with E-state index in [4.69, 9.17) is 4.98 Å². The molecule has 0 bridgehead atoms. The predicted octanol–water partition coefficient (Wildman–Crippen LogP) is 2.40. The molecule has 0 saturated carbocycles. The van der Waals surface area contributed by atoms with E-state index in [9.17, 15) is 19.5 Å². The molecule has 1 aliphatic heterocycles. The van der Waals surface area contributed by atoms with E-state index in [1.807, 2.05) is 11.0 Å². The molecule has 2 heterocycles. The van der Waals surface area contributed by atoms with Crippen LogP contribution < -0.4 is 10.2 Å². The van der Waals surface area contributed by atoms with Crippen molar-refractivity contribution in [2.75, 3.05) is 57.0 Å². The Labute approximate surface area is 197 Å².